The molecule has 18 heavy (non-hydrogen) atoms. The Balaban J connectivity index is 2.53. The lowest BCUT2D eigenvalue weighted by molar-refractivity contribution is -0.118. The van der Waals surface area contributed by atoms with Crippen LogP contribution in [-0.2, 0) is 4.79 Å². The number of carbonyl (C=O) groups is 1. The molecule has 5 heteroatoms. The molecule has 0 heterocycles. The molecule has 0 aliphatic carbocycles. The Labute approximate surface area is 108 Å². The molecule has 100 valence electrons. The number of hydrogen-bond acceptors (Lipinski definition) is 4. The molecular formula is C13H21N3O2. The highest BCUT2D eigenvalue weighted by Crippen LogP contribution is 2.26. The molecule has 0 atom stereocenters. The van der Waals surface area contributed by atoms with Crippen LogP contribution >= 0.6 is 0 Å². The number of nitrogens with one attached hydrogen (secondary N) is 2. The lowest BCUT2D eigenvalue weighted by atomic mass is 10.2. The largest absolute Gasteiger partial charge is 0.489 e. The van der Waals surface area contributed by atoms with Crippen LogP contribution in [0, 0.1) is 0 Å². The van der Waals surface area contributed by atoms with E-state index in [0.717, 1.165) is 5.69 Å². The summed E-state index contributed by atoms with van der Waals surface area (Å²) in [5.74, 6) is 0.646. The van der Waals surface area contributed by atoms with Crippen molar-refractivity contribution in [3.8, 4) is 5.75 Å². The van der Waals surface area contributed by atoms with Crippen LogP contribution in [0.2, 0.25) is 0 Å². The Morgan fingerprint density at radius 3 is 2.72 bits per heavy atom. The van der Waals surface area contributed by atoms with Gasteiger partial charge < -0.3 is 21.1 Å². The quantitative estimate of drug-likeness (QED) is 0.530. The topological polar surface area (TPSA) is 76.4 Å². The summed E-state index contributed by atoms with van der Waals surface area (Å²) < 4.78 is 5.60. The van der Waals surface area contributed by atoms with Gasteiger partial charge in [0.05, 0.1) is 11.8 Å². The number of anilines is 2. The van der Waals surface area contributed by atoms with Crippen molar-refractivity contribution in [2.75, 3.05) is 24.1 Å². The van der Waals surface area contributed by atoms with E-state index in [4.69, 9.17) is 10.5 Å². The van der Waals surface area contributed by atoms with Crippen LogP contribution in [0.1, 0.15) is 20.8 Å². The average molecular weight is 251 g/mol. The summed E-state index contributed by atoms with van der Waals surface area (Å²) in [4.78, 5) is 10.7. The monoisotopic (exact) mass is 251 g/mol. The van der Waals surface area contributed by atoms with E-state index in [0.29, 0.717) is 24.5 Å². The fourth-order valence-corrected chi connectivity index (χ4v) is 1.45. The fourth-order valence-electron chi connectivity index (χ4n) is 1.45. The molecule has 0 radical (unpaired) electrons. The second kappa shape index (κ2) is 6.74. The lowest BCUT2D eigenvalue weighted by Crippen LogP contribution is -2.26. The van der Waals surface area contributed by atoms with Gasteiger partial charge in [0.25, 0.3) is 0 Å². The maximum atomic E-state index is 10.7. The maximum absolute atomic E-state index is 10.7. The van der Waals surface area contributed by atoms with Crippen molar-refractivity contribution in [1.82, 2.24) is 5.32 Å². The second-order valence-corrected chi connectivity index (χ2v) is 4.33. The Hall–Kier alpha value is -1.91. The van der Waals surface area contributed by atoms with Gasteiger partial charge >= 0.3 is 0 Å². The summed E-state index contributed by atoms with van der Waals surface area (Å²) in [7, 11) is 0. The number of hydrogen-bond donors (Lipinski definition) is 3. The van der Waals surface area contributed by atoms with Gasteiger partial charge in [0.1, 0.15) is 5.75 Å². The van der Waals surface area contributed by atoms with Crippen molar-refractivity contribution in [1.29, 1.82) is 0 Å². The second-order valence-electron chi connectivity index (χ2n) is 4.33. The first-order valence-corrected chi connectivity index (χ1v) is 6.03. The molecule has 0 aliphatic rings. The van der Waals surface area contributed by atoms with Gasteiger partial charge in [0.15, 0.2) is 0 Å². The van der Waals surface area contributed by atoms with E-state index >= 15 is 0 Å². The van der Waals surface area contributed by atoms with Gasteiger partial charge in [-0.2, -0.15) is 0 Å². The van der Waals surface area contributed by atoms with Crippen LogP contribution in [0.4, 0.5) is 11.4 Å². The molecule has 1 aromatic carbocycles. The molecule has 0 aromatic heterocycles. The minimum Gasteiger partial charge on any atom is -0.489 e. The van der Waals surface area contributed by atoms with Crippen molar-refractivity contribution < 1.29 is 9.53 Å². The fraction of sp³-hybridized carbons (Fsp3) is 0.462. The molecule has 0 spiro atoms. The smallest absolute Gasteiger partial charge is 0.216 e. The molecule has 0 bridgehead atoms. The molecule has 1 amide bonds. The molecule has 1 rings (SSSR count). The normalized spacial score (nSPS) is 10.2. The summed E-state index contributed by atoms with van der Waals surface area (Å²) >= 11 is 0. The van der Waals surface area contributed by atoms with Crippen molar-refractivity contribution in [2.45, 2.75) is 26.9 Å². The number of ether oxygens (including phenoxy) is 1. The van der Waals surface area contributed by atoms with E-state index in [1.807, 2.05) is 26.0 Å². The van der Waals surface area contributed by atoms with Crippen LogP contribution in [0.15, 0.2) is 18.2 Å². The van der Waals surface area contributed by atoms with E-state index < -0.39 is 0 Å². The third kappa shape index (κ3) is 4.95. The van der Waals surface area contributed by atoms with Crippen LogP contribution in [-0.4, -0.2) is 25.1 Å². The number of nitrogen functional groups attached to an aromatic ring is 1. The Kier molecular flexibility index (Phi) is 5.30. The van der Waals surface area contributed by atoms with E-state index in [2.05, 4.69) is 10.6 Å². The first-order chi connectivity index (χ1) is 8.49. The predicted molar refractivity (Wildman–Crippen MR) is 73.8 cm³/mol. The van der Waals surface area contributed by atoms with Gasteiger partial charge in [-0.05, 0) is 26.0 Å². The highest BCUT2D eigenvalue weighted by molar-refractivity contribution is 5.72. The average Bonchev–Trinajstić information content (AvgIpc) is 2.27. The number of benzene rings is 1. The van der Waals surface area contributed by atoms with Crippen LogP contribution in [0.3, 0.4) is 0 Å². The molecule has 0 aliphatic heterocycles. The molecule has 0 fully saturated rings. The van der Waals surface area contributed by atoms with Crippen LogP contribution in [0.25, 0.3) is 0 Å². The molecule has 5 nitrogen and oxygen atoms in total. The first kappa shape index (κ1) is 14.2. The maximum Gasteiger partial charge on any atom is 0.216 e. The van der Waals surface area contributed by atoms with Crippen LogP contribution < -0.4 is 21.1 Å². The van der Waals surface area contributed by atoms with Crippen molar-refractivity contribution in [2.24, 2.45) is 0 Å². The molecule has 0 saturated carbocycles. The number of amides is 1. The zero-order chi connectivity index (χ0) is 13.5. The minimum atomic E-state index is -0.0297. The van der Waals surface area contributed by atoms with Gasteiger partial charge in [0.2, 0.25) is 5.91 Å². The van der Waals surface area contributed by atoms with Gasteiger partial charge in [0, 0.05) is 31.8 Å². The molecule has 1 aromatic rings. The van der Waals surface area contributed by atoms with Gasteiger partial charge in [-0.3, -0.25) is 4.79 Å². The van der Waals surface area contributed by atoms with E-state index in [-0.39, 0.29) is 12.0 Å². The number of rotatable bonds is 6. The Morgan fingerprint density at radius 1 is 1.39 bits per heavy atom. The van der Waals surface area contributed by atoms with Gasteiger partial charge in [-0.25, -0.2) is 0 Å². The molecular weight excluding hydrogens is 230 g/mol. The number of carbonyl (C=O) groups excluding carboxylic acids is 1. The highest BCUT2D eigenvalue weighted by atomic mass is 16.5. The zero-order valence-electron chi connectivity index (χ0n) is 11.1. The summed E-state index contributed by atoms with van der Waals surface area (Å²) in [6.07, 6.45) is 0.0851. The van der Waals surface area contributed by atoms with Crippen molar-refractivity contribution in [3.63, 3.8) is 0 Å². The van der Waals surface area contributed by atoms with Crippen molar-refractivity contribution >= 4 is 17.3 Å². The molecule has 4 N–H and O–H groups in total. The molecule has 0 saturated heterocycles. The summed E-state index contributed by atoms with van der Waals surface area (Å²) in [5, 5.41) is 5.91. The third-order valence-corrected chi connectivity index (χ3v) is 2.20. The lowest BCUT2D eigenvalue weighted by Gasteiger charge is -2.14. The summed E-state index contributed by atoms with van der Waals surface area (Å²) in [5.41, 5.74) is 7.37. The zero-order valence-corrected chi connectivity index (χ0v) is 11.1. The Morgan fingerprint density at radius 2 is 2.11 bits per heavy atom. The third-order valence-electron chi connectivity index (χ3n) is 2.20. The summed E-state index contributed by atoms with van der Waals surface area (Å²) in [6.45, 7) is 6.65. The van der Waals surface area contributed by atoms with Crippen LogP contribution in [0.5, 0.6) is 5.75 Å². The number of nitrogens with two attached hydrogens (primary N) is 1. The van der Waals surface area contributed by atoms with Gasteiger partial charge in [-0.15, -0.1) is 0 Å². The highest BCUT2D eigenvalue weighted by Gasteiger charge is 2.04. The van der Waals surface area contributed by atoms with Crippen molar-refractivity contribution in [3.05, 3.63) is 18.2 Å². The molecule has 0 unspecified atom stereocenters. The summed E-state index contributed by atoms with van der Waals surface area (Å²) in [6, 6.07) is 5.55. The van der Waals surface area contributed by atoms with E-state index in [9.17, 15) is 4.79 Å². The predicted octanol–water partition coefficient (Wildman–Crippen LogP) is 1.60. The first-order valence-electron chi connectivity index (χ1n) is 6.03. The van der Waals surface area contributed by atoms with E-state index in [1.54, 1.807) is 6.07 Å². The standard InChI is InChI=1S/C13H21N3O2/c1-9(2)18-13-8-11(4-5-12(13)14)16-7-6-15-10(3)17/h4-5,8-9,16H,6-7,14H2,1-3H3,(H,15,17). The Bertz CT molecular complexity index is 405. The van der Waals surface area contributed by atoms with E-state index in [1.165, 1.54) is 6.92 Å². The minimum absolute atomic E-state index is 0.0297. The SMILES string of the molecule is CC(=O)NCCNc1ccc(N)c(OC(C)C)c1. The van der Waals surface area contributed by atoms with Gasteiger partial charge in [-0.1, -0.05) is 0 Å².